The van der Waals surface area contributed by atoms with Gasteiger partial charge in [-0.25, -0.2) is 4.79 Å². The number of thiophene rings is 1. The second-order valence-corrected chi connectivity index (χ2v) is 14.2. The maximum Gasteiger partial charge on any atom is 0.341 e. The third-order valence-electron chi connectivity index (χ3n) is 8.21. The van der Waals surface area contributed by atoms with Crippen molar-refractivity contribution in [3.63, 3.8) is 0 Å². The number of carbonyl (C=O) groups is 4. The summed E-state index contributed by atoms with van der Waals surface area (Å²) >= 11 is 2.56. The third-order valence-corrected chi connectivity index (χ3v) is 10.2. The van der Waals surface area contributed by atoms with Crippen molar-refractivity contribution in [1.82, 2.24) is 5.32 Å². The number of anilines is 2. The first-order chi connectivity index (χ1) is 25.2. The number of methoxy groups -OCH3 is 1. The maximum absolute atomic E-state index is 13.8. The van der Waals surface area contributed by atoms with E-state index < -0.39 is 23.0 Å². The normalized spacial score (nSPS) is 11.8. The van der Waals surface area contributed by atoms with Gasteiger partial charge in [0.15, 0.2) is 0 Å². The van der Waals surface area contributed by atoms with E-state index in [9.17, 15) is 19.2 Å². The molecule has 0 saturated heterocycles. The molecule has 0 saturated carbocycles. The number of fused-ring (bicyclic) bond motifs is 1. The number of thioether (sulfide) groups is 1. The summed E-state index contributed by atoms with van der Waals surface area (Å²) in [6.07, 6.45) is 1.67. The minimum atomic E-state index is -0.562. The number of rotatable bonds is 11. The SMILES string of the molecule is COC(=O)c1c(-c2ccc(C)cc2)csc1NC(=O)C(C)Sc1cccc(NC(=O)/C(=C\c2cccc3ccccc23)NC(=O)c2ccccc2)c1. The van der Waals surface area contributed by atoms with E-state index in [2.05, 4.69) is 16.0 Å². The van der Waals surface area contributed by atoms with Crippen LogP contribution in [-0.4, -0.2) is 36.1 Å². The highest BCUT2D eigenvalue weighted by Crippen LogP contribution is 2.37. The number of ether oxygens (including phenoxy) is 1. The van der Waals surface area contributed by atoms with Crippen LogP contribution in [0.1, 0.15) is 38.8 Å². The topological polar surface area (TPSA) is 114 Å². The molecule has 52 heavy (non-hydrogen) atoms. The van der Waals surface area contributed by atoms with Gasteiger partial charge in [0.1, 0.15) is 16.3 Å². The molecule has 0 spiro atoms. The predicted molar refractivity (Wildman–Crippen MR) is 211 cm³/mol. The van der Waals surface area contributed by atoms with Gasteiger partial charge in [-0.3, -0.25) is 14.4 Å². The summed E-state index contributed by atoms with van der Waals surface area (Å²) in [5.74, 6) is -1.77. The molecule has 0 radical (unpaired) electrons. The Morgan fingerprint density at radius 3 is 2.29 bits per heavy atom. The molecule has 0 bridgehead atoms. The Kier molecular flexibility index (Phi) is 11.3. The fourth-order valence-electron chi connectivity index (χ4n) is 5.49. The van der Waals surface area contributed by atoms with E-state index in [1.54, 1.807) is 55.5 Å². The molecule has 0 aliphatic heterocycles. The zero-order valence-electron chi connectivity index (χ0n) is 28.6. The Labute approximate surface area is 309 Å². The molecule has 1 unspecified atom stereocenters. The lowest BCUT2D eigenvalue weighted by atomic mass is 10.0. The van der Waals surface area contributed by atoms with Crippen molar-refractivity contribution in [3.8, 4) is 11.1 Å². The first-order valence-electron chi connectivity index (χ1n) is 16.4. The number of benzene rings is 5. The smallest absolute Gasteiger partial charge is 0.341 e. The Hall–Kier alpha value is -5.97. The van der Waals surface area contributed by atoms with E-state index in [0.29, 0.717) is 27.4 Å². The van der Waals surface area contributed by atoms with E-state index in [-0.39, 0.29) is 11.6 Å². The number of carbonyl (C=O) groups excluding carboxylic acids is 4. The highest BCUT2D eigenvalue weighted by Gasteiger charge is 2.24. The van der Waals surface area contributed by atoms with Gasteiger partial charge in [0.2, 0.25) is 5.91 Å². The number of nitrogens with one attached hydrogen (secondary N) is 3. The van der Waals surface area contributed by atoms with Crippen LogP contribution in [0.25, 0.3) is 28.0 Å². The Bertz CT molecular complexity index is 2290. The van der Waals surface area contributed by atoms with E-state index >= 15 is 0 Å². The van der Waals surface area contributed by atoms with Crippen molar-refractivity contribution < 1.29 is 23.9 Å². The zero-order valence-corrected chi connectivity index (χ0v) is 30.3. The summed E-state index contributed by atoms with van der Waals surface area (Å²) in [7, 11) is 1.31. The molecule has 0 aliphatic carbocycles. The summed E-state index contributed by atoms with van der Waals surface area (Å²) < 4.78 is 5.07. The van der Waals surface area contributed by atoms with Crippen LogP contribution in [0.5, 0.6) is 0 Å². The van der Waals surface area contributed by atoms with Crippen molar-refractivity contribution in [1.29, 1.82) is 0 Å². The fourth-order valence-corrected chi connectivity index (χ4v) is 7.38. The molecule has 6 rings (SSSR count). The van der Waals surface area contributed by atoms with Crippen LogP contribution in [0.2, 0.25) is 0 Å². The predicted octanol–water partition coefficient (Wildman–Crippen LogP) is 9.19. The second-order valence-electron chi connectivity index (χ2n) is 11.9. The lowest BCUT2D eigenvalue weighted by Crippen LogP contribution is -2.30. The zero-order chi connectivity index (χ0) is 36.6. The molecule has 260 valence electrons. The number of amides is 3. The Morgan fingerprint density at radius 1 is 0.808 bits per heavy atom. The van der Waals surface area contributed by atoms with Crippen LogP contribution in [0.4, 0.5) is 10.7 Å². The number of hydrogen-bond donors (Lipinski definition) is 3. The third kappa shape index (κ3) is 8.48. The first kappa shape index (κ1) is 35.8. The number of hydrogen-bond acceptors (Lipinski definition) is 7. The minimum absolute atomic E-state index is 0.0679. The molecule has 0 aliphatic rings. The van der Waals surface area contributed by atoms with Gasteiger partial charge in [-0.05, 0) is 72.2 Å². The van der Waals surface area contributed by atoms with Crippen LogP contribution >= 0.6 is 23.1 Å². The Morgan fingerprint density at radius 2 is 1.52 bits per heavy atom. The van der Waals surface area contributed by atoms with Crippen LogP contribution < -0.4 is 16.0 Å². The molecule has 3 N–H and O–H groups in total. The largest absolute Gasteiger partial charge is 0.465 e. The van der Waals surface area contributed by atoms with Crippen LogP contribution in [0.3, 0.4) is 0 Å². The van der Waals surface area contributed by atoms with Crippen LogP contribution in [0.15, 0.2) is 137 Å². The average molecular weight is 726 g/mol. The van der Waals surface area contributed by atoms with E-state index in [1.165, 1.54) is 30.2 Å². The lowest BCUT2D eigenvalue weighted by molar-refractivity contribution is -0.115. The number of aryl methyl sites for hydroxylation is 1. The van der Waals surface area contributed by atoms with Gasteiger partial charge in [-0.1, -0.05) is 96.6 Å². The fraction of sp³-hybridized carbons (Fsp3) is 0.0952. The molecular formula is C42H35N3O5S2. The summed E-state index contributed by atoms with van der Waals surface area (Å²) in [6, 6.07) is 37.2. The number of esters is 1. The molecule has 8 nitrogen and oxygen atoms in total. The van der Waals surface area contributed by atoms with Crippen molar-refractivity contribution in [2.24, 2.45) is 0 Å². The van der Waals surface area contributed by atoms with Gasteiger partial charge >= 0.3 is 5.97 Å². The highest BCUT2D eigenvalue weighted by molar-refractivity contribution is 8.00. The van der Waals surface area contributed by atoms with Crippen LogP contribution in [-0.2, 0) is 14.3 Å². The molecule has 6 aromatic rings. The molecule has 0 fully saturated rings. The van der Waals surface area contributed by atoms with E-state index in [0.717, 1.165) is 32.4 Å². The van der Waals surface area contributed by atoms with E-state index in [4.69, 9.17) is 4.74 Å². The molecule has 1 aromatic heterocycles. The maximum atomic E-state index is 13.8. The van der Waals surface area contributed by atoms with Gasteiger partial charge in [0.25, 0.3) is 11.8 Å². The summed E-state index contributed by atoms with van der Waals surface area (Å²) in [5, 5.41) is 12.2. The van der Waals surface area contributed by atoms with Crippen molar-refractivity contribution >= 4 is 74.3 Å². The molecule has 5 aromatic carbocycles. The summed E-state index contributed by atoms with van der Waals surface area (Å²) in [6.45, 7) is 3.75. The summed E-state index contributed by atoms with van der Waals surface area (Å²) in [5.41, 5.74) is 4.66. The molecule has 3 amide bonds. The lowest BCUT2D eigenvalue weighted by Gasteiger charge is -2.14. The molecule has 1 heterocycles. The van der Waals surface area contributed by atoms with Gasteiger partial charge in [-0.15, -0.1) is 23.1 Å². The molecular weight excluding hydrogens is 691 g/mol. The van der Waals surface area contributed by atoms with Gasteiger partial charge in [0.05, 0.1) is 12.4 Å². The van der Waals surface area contributed by atoms with Crippen molar-refractivity contribution in [2.75, 3.05) is 17.7 Å². The van der Waals surface area contributed by atoms with Crippen LogP contribution in [0, 0.1) is 6.92 Å². The van der Waals surface area contributed by atoms with Gasteiger partial charge in [-0.2, -0.15) is 0 Å². The van der Waals surface area contributed by atoms with E-state index in [1.807, 2.05) is 91.2 Å². The minimum Gasteiger partial charge on any atom is -0.465 e. The van der Waals surface area contributed by atoms with Gasteiger partial charge < -0.3 is 20.7 Å². The quantitative estimate of drug-likeness (QED) is 0.0698. The molecule has 10 heteroatoms. The first-order valence-corrected chi connectivity index (χ1v) is 18.2. The van der Waals surface area contributed by atoms with Gasteiger partial charge in [0, 0.05) is 27.1 Å². The average Bonchev–Trinajstić information content (AvgIpc) is 3.58. The second kappa shape index (κ2) is 16.4. The summed E-state index contributed by atoms with van der Waals surface area (Å²) in [4.78, 5) is 54.0. The highest BCUT2D eigenvalue weighted by atomic mass is 32.2. The van der Waals surface area contributed by atoms with Crippen molar-refractivity contribution in [2.45, 2.75) is 24.0 Å². The van der Waals surface area contributed by atoms with Crippen molar-refractivity contribution in [3.05, 3.63) is 155 Å². The molecule has 1 atom stereocenters. The monoisotopic (exact) mass is 725 g/mol. The standard InChI is InChI=1S/C42H35N3O5S2/c1-26-19-21-29(22-20-26)35-25-51-41(37(35)42(49)50-3)45-38(46)27(2)52-33-17-10-16-32(24-33)43-40(48)36(44-39(47)30-12-5-4-6-13-30)23-31-15-9-14-28-11-7-8-18-34(28)31/h4-25,27H,1-3H3,(H,43,48)(H,44,47)(H,45,46)/b36-23+. The Balaban J connectivity index is 1.19.